The molecule has 0 spiro atoms. The molecule has 2 N–H and O–H groups in total. The fraction of sp³-hybridized carbons (Fsp3) is 0.600. The summed E-state index contributed by atoms with van der Waals surface area (Å²) in [6, 6.07) is 0. The maximum absolute atomic E-state index is 10.3. The first kappa shape index (κ1) is 19.8. The van der Waals surface area contributed by atoms with Gasteiger partial charge in [0.05, 0.1) is 0 Å². The highest BCUT2D eigenvalue weighted by atomic mass is 16.4. The molecule has 0 aliphatic carbocycles. The standard InChI is InChI=1S/C10H18O2.C5H8O2/c1-3-4-5-6-7-8-9(2)10(11)12;1-3-4(2)5(6)7/h2-8H2,1H3,(H,11,12);2-3H2,1H3,(H,6,7). The minimum absolute atomic E-state index is 0.264. The first-order valence-corrected chi connectivity index (χ1v) is 6.68. The number of hydrogen-bond acceptors (Lipinski definition) is 2. The first-order chi connectivity index (χ1) is 8.86. The van der Waals surface area contributed by atoms with E-state index >= 15 is 0 Å². The zero-order chi connectivity index (χ0) is 15.3. The molecule has 0 saturated heterocycles. The van der Waals surface area contributed by atoms with Gasteiger partial charge in [0.1, 0.15) is 0 Å². The molecule has 19 heavy (non-hydrogen) atoms. The van der Waals surface area contributed by atoms with Gasteiger partial charge in [-0.15, -0.1) is 0 Å². The van der Waals surface area contributed by atoms with Crippen LogP contribution in [-0.2, 0) is 9.59 Å². The normalized spacial score (nSPS) is 9.16. The van der Waals surface area contributed by atoms with Crippen LogP contribution in [-0.4, -0.2) is 22.2 Å². The average Bonchev–Trinajstić information content (AvgIpc) is 2.37. The summed E-state index contributed by atoms with van der Waals surface area (Å²) in [5.74, 6) is -1.76. The van der Waals surface area contributed by atoms with E-state index in [1.54, 1.807) is 6.92 Å². The summed E-state index contributed by atoms with van der Waals surface area (Å²) in [4.78, 5) is 20.2. The Balaban J connectivity index is 0. The topological polar surface area (TPSA) is 74.6 Å². The van der Waals surface area contributed by atoms with E-state index in [9.17, 15) is 9.59 Å². The van der Waals surface area contributed by atoms with Crippen molar-refractivity contribution in [3.8, 4) is 0 Å². The van der Waals surface area contributed by atoms with Gasteiger partial charge in [-0.1, -0.05) is 52.7 Å². The van der Waals surface area contributed by atoms with Gasteiger partial charge in [-0.2, -0.15) is 0 Å². The molecule has 0 bridgehead atoms. The molecule has 0 aromatic rings. The Morgan fingerprint density at radius 3 is 1.63 bits per heavy atom. The summed E-state index contributed by atoms with van der Waals surface area (Å²) < 4.78 is 0. The van der Waals surface area contributed by atoms with E-state index in [1.807, 2.05) is 0 Å². The lowest BCUT2D eigenvalue weighted by molar-refractivity contribution is -0.133. The van der Waals surface area contributed by atoms with Crippen molar-refractivity contribution in [3.05, 3.63) is 24.3 Å². The van der Waals surface area contributed by atoms with Crippen molar-refractivity contribution in [2.45, 2.75) is 58.8 Å². The Kier molecular flexibility index (Phi) is 13.4. The molecular formula is C15H26O4. The predicted molar refractivity (Wildman–Crippen MR) is 77.2 cm³/mol. The van der Waals surface area contributed by atoms with Crippen molar-refractivity contribution in [2.24, 2.45) is 0 Å². The van der Waals surface area contributed by atoms with E-state index in [-0.39, 0.29) is 5.57 Å². The van der Waals surface area contributed by atoms with Gasteiger partial charge in [-0.3, -0.25) is 0 Å². The van der Waals surface area contributed by atoms with E-state index < -0.39 is 11.9 Å². The Hall–Kier alpha value is -1.58. The highest BCUT2D eigenvalue weighted by Crippen LogP contribution is 2.09. The Labute approximate surface area is 115 Å². The van der Waals surface area contributed by atoms with Crippen molar-refractivity contribution < 1.29 is 19.8 Å². The second-order valence-corrected chi connectivity index (χ2v) is 4.34. The van der Waals surface area contributed by atoms with E-state index in [4.69, 9.17) is 10.2 Å². The molecule has 0 saturated carbocycles. The minimum atomic E-state index is -0.900. The summed E-state index contributed by atoms with van der Waals surface area (Å²) in [7, 11) is 0. The maximum atomic E-state index is 10.3. The number of carboxylic acids is 2. The number of rotatable bonds is 9. The van der Waals surface area contributed by atoms with E-state index in [0.717, 1.165) is 12.8 Å². The third-order valence-electron chi connectivity index (χ3n) is 2.61. The molecule has 0 unspecified atom stereocenters. The zero-order valence-corrected chi connectivity index (χ0v) is 12.1. The third-order valence-corrected chi connectivity index (χ3v) is 2.61. The fourth-order valence-electron chi connectivity index (χ4n) is 1.20. The van der Waals surface area contributed by atoms with Gasteiger partial charge in [-0.05, 0) is 19.3 Å². The average molecular weight is 270 g/mol. The largest absolute Gasteiger partial charge is 0.478 e. The van der Waals surface area contributed by atoms with Gasteiger partial charge in [0.15, 0.2) is 0 Å². The van der Waals surface area contributed by atoms with Crippen LogP contribution in [0, 0.1) is 0 Å². The van der Waals surface area contributed by atoms with Crippen LogP contribution in [0.25, 0.3) is 0 Å². The highest BCUT2D eigenvalue weighted by Gasteiger charge is 2.02. The Bertz CT molecular complexity index is 305. The zero-order valence-electron chi connectivity index (χ0n) is 12.1. The lowest BCUT2D eigenvalue weighted by Gasteiger charge is -1.99. The monoisotopic (exact) mass is 270 g/mol. The molecule has 0 aliphatic heterocycles. The summed E-state index contributed by atoms with van der Waals surface area (Å²) in [5, 5.41) is 16.6. The molecule has 0 fully saturated rings. The van der Waals surface area contributed by atoms with Crippen LogP contribution in [0.3, 0.4) is 0 Å². The van der Waals surface area contributed by atoms with E-state index in [0.29, 0.717) is 18.4 Å². The van der Waals surface area contributed by atoms with Crippen LogP contribution in [0.5, 0.6) is 0 Å². The number of aliphatic carboxylic acids is 2. The molecule has 0 amide bonds. The van der Waals surface area contributed by atoms with Crippen molar-refractivity contribution in [2.75, 3.05) is 0 Å². The van der Waals surface area contributed by atoms with Crippen LogP contribution in [0.1, 0.15) is 58.8 Å². The van der Waals surface area contributed by atoms with E-state index in [2.05, 4.69) is 20.1 Å². The second-order valence-electron chi connectivity index (χ2n) is 4.34. The molecule has 0 aromatic carbocycles. The Morgan fingerprint density at radius 2 is 1.32 bits per heavy atom. The van der Waals surface area contributed by atoms with Gasteiger partial charge < -0.3 is 10.2 Å². The molecule has 4 nitrogen and oxygen atoms in total. The van der Waals surface area contributed by atoms with Crippen LogP contribution in [0.15, 0.2) is 24.3 Å². The SMILES string of the molecule is C=C(CC)C(=O)O.C=C(CCCCCCC)C(=O)O. The van der Waals surface area contributed by atoms with Gasteiger partial charge in [0.25, 0.3) is 0 Å². The van der Waals surface area contributed by atoms with Crippen molar-refractivity contribution in [1.29, 1.82) is 0 Å². The molecule has 0 rings (SSSR count). The minimum Gasteiger partial charge on any atom is -0.478 e. The number of carbonyl (C=O) groups is 2. The molecule has 0 radical (unpaired) electrons. The van der Waals surface area contributed by atoms with E-state index in [1.165, 1.54) is 19.3 Å². The van der Waals surface area contributed by atoms with Crippen molar-refractivity contribution >= 4 is 11.9 Å². The van der Waals surface area contributed by atoms with Gasteiger partial charge in [0.2, 0.25) is 0 Å². The van der Waals surface area contributed by atoms with Crippen LogP contribution >= 0.6 is 0 Å². The van der Waals surface area contributed by atoms with Crippen LogP contribution in [0.4, 0.5) is 0 Å². The van der Waals surface area contributed by atoms with Crippen molar-refractivity contribution in [3.63, 3.8) is 0 Å². The Morgan fingerprint density at radius 1 is 0.842 bits per heavy atom. The lowest BCUT2D eigenvalue weighted by atomic mass is 10.1. The quantitative estimate of drug-likeness (QED) is 0.490. The fourth-order valence-corrected chi connectivity index (χ4v) is 1.20. The van der Waals surface area contributed by atoms with Gasteiger partial charge in [-0.25, -0.2) is 9.59 Å². The molecular weight excluding hydrogens is 244 g/mol. The third kappa shape index (κ3) is 14.4. The van der Waals surface area contributed by atoms with Gasteiger partial charge >= 0.3 is 11.9 Å². The number of hydrogen-bond donors (Lipinski definition) is 2. The first-order valence-electron chi connectivity index (χ1n) is 6.68. The highest BCUT2D eigenvalue weighted by molar-refractivity contribution is 5.85. The summed E-state index contributed by atoms with van der Waals surface area (Å²) in [6.07, 6.45) is 6.93. The lowest BCUT2D eigenvalue weighted by Crippen LogP contribution is -1.98. The molecule has 0 aliphatic rings. The van der Waals surface area contributed by atoms with Crippen LogP contribution in [0.2, 0.25) is 0 Å². The number of carboxylic acid groups (broad SMARTS) is 2. The summed E-state index contributed by atoms with van der Waals surface area (Å²) >= 11 is 0. The van der Waals surface area contributed by atoms with Crippen molar-refractivity contribution in [1.82, 2.24) is 0 Å². The molecule has 4 heteroatoms. The molecule has 0 heterocycles. The number of unbranched alkanes of at least 4 members (excludes halogenated alkanes) is 4. The molecule has 0 aromatic heterocycles. The summed E-state index contributed by atoms with van der Waals surface area (Å²) in [5.41, 5.74) is 0.603. The van der Waals surface area contributed by atoms with Crippen LogP contribution < -0.4 is 0 Å². The second kappa shape index (κ2) is 12.9. The summed E-state index contributed by atoms with van der Waals surface area (Å²) in [6.45, 7) is 10.7. The maximum Gasteiger partial charge on any atom is 0.330 e. The smallest absolute Gasteiger partial charge is 0.330 e. The molecule has 110 valence electrons. The van der Waals surface area contributed by atoms with Gasteiger partial charge in [0, 0.05) is 11.1 Å². The predicted octanol–water partition coefficient (Wildman–Crippen LogP) is 4.02. The molecule has 0 atom stereocenters.